The molecule has 0 radical (unpaired) electrons. The Labute approximate surface area is 191 Å². The first kappa shape index (κ1) is 22.5. The summed E-state index contributed by atoms with van der Waals surface area (Å²) in [7, 11) is 3.65. The molecule has 2 aliphatic rings. The number of benzene rings is 1. The second-order valence-corrected chi connectivity index (χ2v) is 9.06. The first-order valence-corrected chi connectivity index (χ1v) is 11.5. The van der Waals surface area contributed by atoms with Gasteiger partial charge in [-0.2, -0.15) is 0 Å². The maximum Gasteiger partial charge on any atom is 0.220 e. The van der Waals surface area contributed by atoms with Crippen molar-refractivity contribution in [2.24, 2.45) is 0 Å². The van der Waals surface area contributed by atoms with Crippen LogP contribution in [0, 0.1) is 20.8 Å². The van der Waals surface area contributed by atoms with Gasteiger partial charge in [-0.25, -0.2) is 9.97 Å². The number of rotatable bonds is 5. The summed E-state index contributed by atoms with van der Waals surface area (Å²) in [6.07, 6.45) is 2.83. The Bertz CT molecular complexity index is 1020. The van der Waals surface area contributed by atoms with E-state index >= 15 is 0 Å². The van der Waals surface area contributed by atoms with Crippen LogP contribution in [0.2, 0.25) is 0 Å². The van der Waals surface area contributed by atoms with E-state index in [0.717, 1.165) is 68.5 Å². The van der Waals surface area contributed by atoms with Crippen LogP contribution >= 0.6 is 0 Å². The average molecular weight is 438 g/mol. The van der Waals surface area contributed by atoms with Crippen molar-refractivity contribution in [1.29, 1.82) is 0 Å². The largest absolute Gasteiger partial charge is 0.496 e. The lowest BCUT2D eigenvalue weighted by Gasteiger charge is -2.31. The molecule has 2 aromatic rings. The second-order valence-electron chi connectivity index (χ2n) is 9.06. The first-order chi connectivity index (χ1) is 15.3. The van der Waals surface area contributed by atoms with Crippen molar-refractivity contribution < 1.29 is 9.53 Å². The van der Waals surface area contributed by atoms with E-state index in [4.69, 9.17) is 14.7 Å². The molecule has 7 heteroatoms. The molecule has 0 saturated carbocycles. The molecule has 0 bridgehead atoms. The van der Waals surface area contributed by atoms with Crippen LogP contribution in [0.3, 0.4) is 0 Å². The minimum absolute atomic E-state index is 0.00416. The summed E-state index contributed by atoms with van der Waals surface area (Å²) in [5.41, 5.74) is 7.44. The van der Waals surface area contributed by atoms with Crippen molar-refractivity contribution in [3.8, 4) is 5.75 Å². The number of aromatic nitrogens is 2. The van der Waals surface area contributed by atoms with Crippen LogP contribution in [0.4, 0.5) is 5.82 Å². The highest BCUT2D eigenvalue weighted by atomic mass is 16.5. The molecule has 0 unspecified atom stereocenters. The second kappa shape index (κ2) is 9.06. The van der Waals surface area contributed by atoms with Gasteiger partial charge in [0.15, 0.2) is 5.82 Å². The fourth-order valence-corrected chi connectivity index (χ4v) is 5.17. The summed E-state index contributed by atoms with van der Waals surface area (Å²) in [5, 5.41) is 3.30. The number of fused-ring (bicyclic) bond motifs is 1. The zero-order valence-corrected chi connectivity index (χ0v) is 20.2. The summed E-state index contributed by atoms with van der Waals surface area (Å²) >= 11 is 0. The molecule has 1 N–H and O–H groups in total. The Morgan fingerprint density at radius 1 is 1.22 bits per heavy atom. The Hall–Kier alpha value is -2.67. The Morgan fingerprint density at radius 2 is 2.00 bits per heavy atom. The van der Waals surface area contributed by atoms with Gasteiger partial charge in [0.25, 0.3) is 0 Å². The number of methoxy groups -OCH3 is 1. The normalized spacial score (nSPS) is 18.6. The Balaban J connectivity index is 1.60. The van der Waals surface area contributed by atoms with Crippen LogP contribution in [-0.2, 0) is 24.3 Å². The number of amides is 1. The van der Waals surface area contributed by atoms with Crippen LogP contribution in [0.15, 0.2) is 6.07 Å². The molecule has 3 heterocycles. The molecular weight excluding hydrogens is 402 g/mol. The number of nitrogens with zero attached hydrogens (tertiary/aromatic N) is 4. The van der Waals surface area contributed by atoms with E-state index in [-0.39, 0.29) is 11.9 Å². The molecular formula is C25H35N5O2. The van der Waals surface area contributed by atoms with Gasteiger partial charge in [-0.3, -0.25) is 9.69 Å². The van der Waals surface area contributed by atoms with Crippen molar-refractivity contribution in [3.05, 3.63) is 45.4 Å². The molecule has 7 nitrogen and oxygen atoms in total. The molecule has 0 aliphatic carbocycles. The smallest absolute Gasteiger partial charge is 0.220 e. The van der Waals surface area contributed by atoms with Gasteiger partial charge in [0, 0.05) is 52.1 Å². The lowest BCUT2D eigenvalue weighted by Crippen LogP contribution is -2.34. The van der Waals surface area contributed by atoms with E-state index in [2.05, 4.69) is 37.1 Å². The lowest BCUT2D eigenvalue weighted by molar-refractivity contribution is -0.129. The summed E-state index contributed by atoms with van der Waals surface area (Å²) in [4.78, 5) is 26.3. The van der Waals surface area contributed by atoms with Crippen molar-refractivity contribution >= 4 is 11.7 Å². The van der Waals surface area contributed by atoms with Gasteiger partial charge in [0.2, 0.25) is 5.91 Å². The number of nitrogens with one attached hydrogen (secondary N) is 1. The third-order valence-electron chi connectivity index (χ3n) is 7.16. The number of hydrogen-bond donors (Lipinski definition) is 1. The van der Waals surface area contributed by atoms with Crippen molar-refractivity contribution in [2.45, 2.75) is 66.1 Å². The van der Waals surface area contributed by atoms with Gasteiger partial charge in [0.05, 0.1) is 18.8 Å². The number of ether oxygens (including phenoxy) is 1. The number of carbonyl (C=O) groups is 1. The number of aryl methyl sites for hydroxylation is 1. The maximum atomic E-state index is 12.0. The minimum atomic E-state index is -0.00416. The molecule has 1 amide bonds. The molecule has 4 rings (SSSR count). The van der Waals surface area contributed by atoms with Crippen molar-refractivity contribution in [2.75, 3.05) is 32.6 Å². The molecule has 1 saturated heterocycles. The predicted octanol–water partition coefficient (Wildman–Crippen LogP) is 3.69. The Kier molecular flexibility index (Phi) is 6.38. The van der Waals surface area contributed by atoms with E-state index < -0.39 is 0 Å². The number of anilines is 1. The maximum absolute atomic E-state index is 12.0. The van der Waals surface area contributed by atoms with Gasteiger partial charge in [-0.1, -0.05) is 0 Å². The van der Waals surface area contributed by atoms with E-state index in [1.807, 2.05) is 11.9 Å². The van der Waals surface area contributed by atoms with Gasteiger partial charge in [-0.05, 0) is 61.9 Å². The van der Waals surface area contributed by atoms with E-state index in [9.17, 15) is 4.79 Å². The quantitative estimate of drug-likeness (QED) is 0.769. The van der Waals surface area contributed by atoms with E-state index in [1.165, 1.54) is 27.8 Å². The molecule has 1 fully saturated rings. The summed E-state index contributed by atoms with van der Waals surface area (Å²) in [6.45, 7) is 11.6. The average Bonchev–Trinajstić information content (AvgIpc) is 3.28. The zero-order chi connectivity index (χ0) is 23.0. The molecule has 2 aliphatic heterocycles. The molecule has 32 heavy (non-hydrogen) atoms. The SMILES string of the molecule is CNc1nc([C@@H]2CCCN2C(C)=O)nc2c1CN(Cc1c(C)cc(OC)c(C)c1C)CC2. The molecule has 1 aromatic carbocycles. The van der Waals surface area contributed by atoms with Crippen LogP contribution in [0.5, 0.6) is 5.75 Å². The van der Waals surface area contributed by atoms with Gasteiger partial charge >= 0.3 is 0 Å². The molecule has 1 atom stereocenters. The molecule has 0 spiro atoms. The van der Waals surface area contributed by atoms with Gasteiger partial charge in [0.1, 0.15) is 11.6 Å². The zero-order valence-electron chi connectivity index (χ0n) is 20.2. The van der Waals surface area contributed by atoms with Crippen LogP contribution in [0.25, 0.3) is 0 Å². The van der Waals surface area contributed by atoms with Crippen LogP contribution < -0.4 is 10.1 Å². The summed E-state index contributed by atoms with van der Waals surface area (Å²) in [5.74, 6) is 2.74. The fourth-order valence-electron chi connectivity index (χ4n) is 5.17. The molecule has 172 valence electrons. The highest BCUT2D eigenvalue weighted by Gasteiger charge is 2.32. The standard InChI is InChI=1S/C25H35N5O2/c1-15-12-23(32-6)17(3)16(2)19(15)13-29-11-9-21-20(14-29)24(26-5)28-25(27-21)22-8-7-10-30(22)18(4)31/h12,22H,7-11,13-14H2,1-6H3,(H,26,27,28)/t22-/m0/s1. The first-order valence-electron chi connectivity index (χ1n) is 11.5. The lowest BCUT2D eigenvalue weighted by atomic mass is 9.96. The summed E-state index contributed by atoms with van der Waals surface area (Å²) < 4.78 is 5.54. The topological polar surface area (TPSA) is 70.6 Å². The van der Waals surface area contributed by atoms with E-state index in [1.54, 1.807) is 14.0 Å². The van der Waals surface area contributed by atoms with E-state index in [0.29, 0.717) is 0 Å². The number of likely N-dealkylation sites (tertiary alicyclic amines) is 1. The van der Waals surface area contributed by atoms with Crippen LogP contribution in [0.1, 0.15) is 65.1 Å². The fraction of sp³-hybridized carbons (Fsp3) is 0.560. The monoisotopic (exact) mass is 437 g/mol. The van der Waals surface area contributed by atoms with Gasteiger partial charge < -0.3 is 15.0 Å². The third-order valence-corrected chi connectivity index (χ3v) is 7.16. The third kappa shape index (κ3) is 4.06. The van der Waals surface area contributed by atoms with Crippen molar-refractivity contribution in [1.82, 2.24) is 19.8 Å². The predicted molar refractivity (Wildman–Crippen MR) is 126 cm³/mol. The Morgan fingerprint density at radius 3 is 2.69 bits per heavy atom. The van der Waals surface area contributed by atoms with Crippen molar-refractivity contribution in [3.63, 3.8) is 0 Å². The number of carbonyl (C=O) groups excluding carboxylic acids is 1. The molecule has 1 aromatic heterocycles. The van der Waals surface area contributed by atoms with Gasteiger partial charge in [-0.15, -0.1) is 0 Å². The van der Waals surface area contributed by atoms with Crippen LogP contribution in [-0.4, -0.2) is 52.9 Å². The number of hydrogen-bond acceptors (Lipinski definition) is 6. The highest BCUT2D eigenvalue weighted by Crippen LogP contribution is 2.34. The highest BCUT2D eigenvalue weighted by molar-refractivity contribution is 5.74. The minimum Gasteiger partial charge on any atom is -0.496 e. The summed E-state index contributed by atoms with van der Waals surface area (Å²) in [6, 6.07) is 2.14.